The summed E-state index contributed by atoms with van der Waals surface area (Å²) in [6.07, 6.45) is 0. The van der Waals surface area contributed by atoms with E-state index in [1.165, 1.54) is 32.7 Å². The molecule has 0 aliphatic rings. The fraction of sp³-hybridized carbons (Fsp3) is 0.182. The van der Waals surface area contributed by atoms with E-state index < -0.39 is 0 Å². The average molecular weight is 566 g/mol. The maximum absolute atomic E-state index is 2.20. The van der Waals surface area contributed by atoms with Gasteiger partial charge in [-0.15, -0.1) is 81.2 Å². The maximum Gasteiger partial charge on any atom is 4.00 e. The number of benzene rings is 2. The Bertz CT molecular complexity index is 726. The molecule has 0 nitrogen and oxygen atoms in total. The molecule has 4 rings (SSSR count). The largest absolute Gasteiger partial charge is 4.00 e. The number of hydrogen-bond donors (Lipinski definition) is 0. The molecule has 134 valence electrons. The van der Waals surface area contributed by atoms with E-state index in [1.54, 1.807) is 0 Å². The second-order valence-electron chi connectivity index (χ2n) is 5.82. The molecule has 4 aromatic carbocycles. The zero-order valence-electron chi connectivity index (χ0n) is 15.7. The van der Waals surface area contributed by atoms with Gasteiger partial charge in [-0.3, -0.25) is 0 Å². The maximum atomic E-state index is 2.20. The topological polar surface area (TPSA) is 0 Å². The van der Waals surface area contributed by atoms with Gasteiger partial charge in [0.15, 0.2) is 0 Å². The Balaban J connectivity index is 0. The smallest absolute Gasteiger partial charge is 1.00 e. The van der Waals surface area contributed by atoms with E-state index in [0.717, 1.165) is 9.52 Å². The average Bonchev–Trinajstić information content (AvgIpc) is 3.08. The van der Waals surface area contributed by atoms with Gasteiger partial charge in [0.25, 0.3) is 0 Å². The minimum atomic E-state index is 0. The monoisotopic (exact) mass is 566 g/mol. The van der Waals surface area contributed by atoms with Gasteiger partial charge in [0, 0.05) is 9.52 Å². The summed E-state index contributed by atoms with van der Waals surface area (Å²) in [5, 5.41) is 5.39. The second kappa shape index (κ2) is 14.4. The van der Waals surface area contributed by atoms with Gasteiger partial charge in [-0.1, -0.05) is 39.1 Å². The van der Waals surface area contributed by atoms with Gasteiger partial charge in [0.05, 0.1) is 0 Å². The third kappa shape index (κ3) is 8.35. The van der Waals surface area contributed by atoms with Gasteiger partial charge in [0.2, 0.25) is 0 Å². The van der Waals surface area contributed by atoms with Crippen LogP contribution in [0.25, 0.3) is 21.5 Å². The van der Waals surface area contributed by atoms with Crippen LogP contribution in [0.5, 0.6) is 0 Å². The number of aryl methyl sites for hydroxylation is 2. The van der Waals surface area contributed by atoms with E-state index in [-0.39, 0.29) is 50.7 Å². The third-order valence-corrected chi connectivity index (χ3v) is 3.52. The van der Waals surface area contributed by atoms with Crippen molar-refractivity contribution in [2.45, 2.75) is 26.9 Å². The molecule has 0 aliphatic heterocycles. The predicted octanol–water partition coefficient (Wildman–Crippen LogP) is 0.527. The van der Waals surface area contributed by atoms with Crippen LogP contribution in [-0.2, 0) is 25.8 Å². The fourth-order valence-electron chi connectivity index (χ4n) is 2.61. The molecule has 0 amide bonds. The second-order valence-corrected chi connectivity index (χ2v) is 6.82. The fourth-order valence-corrected chi connectivity index (χ4v) is 2.61. The van der Waals surface area contributed by atoms with Crippen LogP contribution >= 0.6 is 0 Å². The van der Waals surface area contributed by atoms with Crippen molar-refractivity contribution in [3.63, 3.8) is 0 Å². The Morgan fingerprint density at radius 3 is 1.27 bits per heavy atom. The summed E-state index contributed by atoms with van der Waals surface area (Å²) < 4.78 is 0. The summed E-state index contributed by atoms with van der Waals surface area (Å²) in [6.45, 7) is 8.56. The van der Waals surface area contributed by atoms with Crippen molar-refractivity contribution in [3.05, 3.63) is 83.9 Å². The zero-order chi connectivity index (χ0) is 16.7. The Kier molecular flexibility index (Phi) is 15.2. The van der Waals surface area contributed by atoms with Crippen molar-refractivity contribution < 1.29 is 50.7 Å². The van der Waals surface area contributed by atoms with E-state index in [4.69, 9.17) is 0 Å². The van der Waals surface area contributed by atoms with Crippen LogP contribution in [0, 0.1) is 13.8 Å². The molecule has 0 spiro atoms. The molecule has 26 heavy (non-hydrogen) atoms. The van der Waals surface area contributed by atoms with Crippen LogP contribution in [0.3, 0.4) is 0 Å². The summed E-state index contributed by atoms with van der Waals surface area (Å²) in [4.78, 5) is 0. The number of hydrogen-bond acceptors (Lipinski definition) is 0. The third-order valence-electron chi connectivity index (χ3n) is 3.52. The molecule has 0 aromatic heterocycles. The van der Waals surface area contributed by atoms with Crippen LogP contribution in [0.4, 0.5) is 0 Å². The van der Waals surface area contributed by atoms with Crippen molar-refractivity contribution >= 4 is 31.1 Å². The molecule has 0 aliphatic carbocycles. The molecule has 0 heterocycles. The minimum Gasteiger partial charge on any atom is -1.00 e. The molecule has 2 radical (unpaired) electrons. The van der Waals surface area contributed by atoms with Gasteiger partial charge < -0.3 is 24.8 Å². The molecule has 0 bridgehead atoms. The van der Waals surface area contributed by atoms with Crippen LogP contribution in [0.2, 0.25) is 13.1 Å². The van der Waals surface area contributed by atoms with E-state index in [9.17, 15) is 0 Å². The zero-order valence-corrected chi connectivity index (χ0v) is 21.8. The number of halogens is 2. The van der Waals surface area contributed by atoms with Crippen LogP contribution in [0.1, 0.15) is 11.1 Å². The van der Waals surface area contributed by atoms with E-state index in [1.807, 2.05) is 0 Å². The van der Waals surface area contributed by atoms with E-state index in [0.29, 0.717) is 0 Å². The van der Waals surface area contributed by atoms with Crippen molar-refractivity contribution in [1.29, 1.82) is 0 Å². The van der Waals surface area contributed by atoms with Gasteiger partial charge in [-0.2, -0.15) is 12.1 Å². The Hall–Kier alpha value is -0.673. The van der Waals surface area contributed by atoms with Crippen molar-refractivity contribution in [1.82, 2.24) is 0 Å². The number of fused-ring (bicyclic) bond motifs is 2. The number of rotatable bonds is 0. The Morgan fingerprint density at radius 2 is 0.962 bits per heavy atom. The first-order chi connectivity index (χ1) is 11.1. The van der Waals surface area contributed by atoms with E-state index >= 15 is 0 Å². The van der Waals surface area contributed by atoms with Gasteiger partial charge in [0.1, 0.15) is 0 Å². The van der Waals surface area contributed by atoms with Crippen LogP contribution in [-0.4, -0.2) is 9.52 Å². The first-order valence-corrected chi connectivity index (χ1v) is 9.96. The molecule has 4 aromatic rings. The molecule has 0 saturated carbocycles. The molecule has 0 fully saturated rings. The quantitative estimate of drug-likeness (QED) is 0.216. The van der Waals surface area contributed by atoms with E-state index in [2.05, 4.69) is 99.7 Å². The summed E-state index contributed by atoms with van der Waals surface area (Å²) in [7, 11) is 1.08. The first-order valence-electron chi connectivity index (χ1n) is 7.96. The van der Waals surface area contributed by atoms with Crippen LogP contribution < -0.4 is 24.8 Å². The summed E-state index contributed by atoms with van der Waals surface area (Å²) >= 11 is 0. The standard InChI is InChI=1S/2C10H9.C2H6Si.2ClH.Hf/c2*1-8-6-9-4-2-3-5-10(9)7-8;1-3-2;;;/h2*2-7H,1H3;1-2H3;2*1H;/q2*-1;;;;+4/p-2. The molecular weight excluding hydrogens is 542 g/mol. The molecule has 4 heteroatoms. The minimum absolute atomic E-state index is 0. The van der Waals surface area contributed by atoms with Gasteiger partial charge >= 0.3 is 25.8 Å². The molecular formula is C22H24Cl2HfSi. The Morgan fingerprint density at radius 1 is 0.654 bits per heavy atom. The molecule has 0 unspecified atom stereocenters. The summed E-state index contributed by atoms with van der Waals surface area (Å²) in [6, 6.07) is 25.7. The van der Waals surface area contributed by atoms with Crippen molar-refractivity contribution in [2.24, 2.45) is 0 Å². The molecule has 0 atom stereocenters. The molecule has 0 N–H and O–H groups in total. The summed E-state index contributed by atoms with van der Waals surface area (Å²) in [5.74, 6) is 0. The summed E-state index contributed by atoms with van der Waals surface area (Å²) in [5.41, 5.74) is 2.70. The van der Waals surface area contributed by atoms with Crippen molar-refractivity contribution in [2.75, 3.05) is 0 Å². The van der Waals surface area contributed by atoms with Gasteiger partial charge in [-0.25, -0.2) is 0 Å². The SMILES string of the molecule is C[Si]C.Cc1cc2ccccc2[cH-]1.Cc1cc2ccccc2[cH-]1.[Cl-].[Cl-].[Hf+4]. The molecule has 0 saturated heterocycles. The predicted molar refractivity (Wildman–Crippen MR) is 106 cm³/mol. The normalized spacial score (nSPS) is 8.77. The Labute approximate surface area is 191 Å². The first kappa shape index (κ1) is 27.5. The van der Waals surface area contributed by atoms with Crippen molar-refractivity contribution in [3.8, 4) is 0 Å². The van der Waals surface area contributed by atoms with Gasteiger partial charge in [-0.05, 0) is 0 Å². The van der Waals surface area contributed by atoms with Crippen LogP contribution in [0.15, 0.2) is 72.8 Å².